The number of nitrogens with zero attached hydrogens (tertiary/aromatic N) is 1. The van der Waals surface area contributed by atoms with Crippen molar-refractivity contribution in [1.82, 2.24) is 0 Å². The maximum Gasteiger partial charge on any atom is 0.295 e. The van der Waals surface area contributed by atoms with Crippen molar-refractivity contribution in [2.45, 2.75) is 17.9 Å². The first-order valence-electron chi connectivity index (χ1n) is 9.19. The molecule has 3 aromatic carbocycles. The van der Waals surface area contributed by atoms with E-state index in [1.165, 1.54) is 41.3 Å². The SMILES string of the molecule is Cc1ccc(N2C(=O)C(O)=C(S(=O)(=O)c3ccccc3)[C@H]2c2ccc(F)cc2)cc1. The summed E-state index contributed by atoms with van der Waals surface area (Å²) in [4.78, 5) is 13.8. The van der Waals surface area contributed by atoms with E-state index in [1.807, 2.05) is 6.92 Å². The van der Waals surface area contributed by atoms with Crippen molar-refractivity contribution in [3.05, 3.63) is 106 Å². The number of carbonyl (C=O) groups excluding carboxylic acids is 1. The number of aryl methyl sites for hydroxylation is 1. The monoisotopic (exact) mass is 423 g/mol. The topological polar surface area (TPSA) is 74.7 Å². The molecule has 0 spiro atoms. The van der Waals surface area contributed by atoms with Crippen LogP contribution in [0.15, 0.2) is 94.4 Å². The molecule has 1 aliphatic heterocycles. The van der Waals surface area contributed by atoms with E-state index in [-0.39, 0.29) is 4.90 Å². The highest BCUT2D eigenvalue weighted by Gasteiger charge is 2.47. The first-order valence-corrected chi connectivity index (χ1v) is 10.7. The van der Waals surface area contributed by atoms with Crippen molar-refractivity contribution < 1.29 is 22.7 Å². The van der Waals surface area contributed by atoms with Gasteiger partial charge in [-0.15, -0.1) is 0 Å². The molecule has 7 heteroatoms. The van der Waals surface area contributed by atoms with Crippen LogP contribution in [0.25, 0.3) is 0 Å². The molecule has 152 valence electrons. The smallest absolute Gasteiger partial charge is 0.295 e. The van der Waals surface area contributed by atoms with E-state index in [0.29, 0.717) is 11.3 Å². The summed E-state index contributed by atoms with van der Waals surface area (Å²) >= 11 is 0. The molecule has 0 fully saturated rings. The lowest BCUT2D eigenvalue weighted by molar-refractivity contribution is -0.117. The normalized spacial score (nSPS) is 16.9. The molecule has 1 amide bonds. The third-order valence-electron chi connectivity index (χ3n) is 5.00. The average molecular weight is 423 g/mol. The Labute approximate surface area is 173 Å². The van der Waals surface area contributed by atoms with Crippen molar-refractivity contribution in [1.29, 1.82) is 0 Å². The minimum Gasteiger partial charge on any atom is -0.502 e. The lowest BCUT2D eigenvalue weighted by Gasteiger charge is -2.27. The molecule has 1 atom stereocenters. The van der Waals surface area contributed by atoms with Gasteiger partial charge in [-0.05, 0) is 48.9 Å². The van der Waals surface area contributed by atoms with E-state index in [2.05, 4.69) is 0 Å². The van der Waals surface area contributed by atoms with Crippen molar-refractivity contribution in [2.24, 2.45) is 0 Å². The number of hydrogen-bond donors (Lipinski definition) is 1. The van der Waals surface area contributed by atoms with E-state index in [9.17, 15) is 22.7 Å². The summed E-state index contributed by atoms with van der Waals surface area (Å²) in [5.74, 6) is -2.16. The van der Waals surface area contributed by atoms with Gasteiger partial charge >= 0.3 is 0 Å². The second-order valence-corrected chi connectivity index (χ2v) is 8.91. The molecule has 0 aliphatic carbocycles. The average Bonchev–Trinajstić information content (AvgIpc) is 3.01. The minimum atomic E-state index is -4.20. The molecule has 1 N–H and O–H groups in total. The lowest BCUT2D eigenvalue weighted by atomic mass is 10.1. The number of benzene rings is 3. The number of anilines is 1. The molecule has 0 saturated carbocycles. The van der Waals surface area contributed by atoms with Gasteiger partial charge in [0, 0.05) is 5.69 Å². The largest absolute Gasteiger partial charge is 0.502 e. The Hall–Kier alpha value is -3.45. The standard InChI is InChI=1S/C23H18FNO4S/c1-15-7-13-18(14-8-15)25-20(16-9-11-17(24)12-10-16)22(21(26)23(25)27)30(28,29)19-5-3-2-4-6-19/h2-14,20,26H,1H3/t20-/m1/s1. The Morgan fingerprint density at radius 2 is 1.50 bits per heavy atom. The van der Waals surface area contributed by atoms with E-state index in [4.69, 9.17) is 0 Å². The molecule has 3 aromatic rings. The summed E-state index contributed by atoms with van der Waals surface area (Å²) in [6.45, 7) is 1.88. The lowest BCUT2D eigenvalue weighted by Crippen LogP contribution is -2.31. The predicted octanol–water partition coefficient (Wildman–Crippen LogP) is 4.47. The molecule has 5 nitrogen and oxygen atoms in total. The van der Waals surface area contributed by atoms with Gasteiger partial charge in [0.1, 0.15) is 16.8 Å². The molecule has 0 bridgehead atoms. The molecule has 0 saturated heterocycles. The van der Waals surface area contributed by atoms with E-state index in [0.717, 1.165) is 5.56 Å². The van der Waals surface area contributed by atoms with Crippen LogP contribution in [-0.4, -0.2) is 19.4 Å². The van der Waals surface area contributed by atoms with E-state index < -0.39 is 38.3 Å². The van der Waals surface area contributed by atoms with E-state index >= 15 is 0 Å². The van der Waals surface area contributed by atoms with Crippen molar-refractivity contribution in [3.63, 3.8) is 0 Å². The van der Waals surface area contributed by atoms with Crippen molar-refractivity contribution in [3.8, 4) is 0 Å². The fourth-order valence-electron chi connectivity index (χ4n) is 3.50. The van der Waals surface area contributed by atoms with Crippen LogP contribution in [0.4, 0.5) is 10.1 Å². The zero-order valence-electron chi connectivity index (χ0n) is 16.0. The zero-order chi connectivity index (χ0) is 21.5. The van der Waals surface area contributed by atoms with Crippen LogP contribution in [-0.2, 0) is 14.6 Å². The summed E-state index contributed by atoms with van der Waals surface area (Å²) in [5, 5.41) is 10.7. The zero-order valence-corrected chi connectivity index (χ0v) is 16.8. The van der Waals surface area contributed by atoms with Crippen molar-refractivity contribution in [2.75, 3.05) is 4.90 Å². The van der Waals surface area contributed by atoms with Crippen molar-refractivity contribution >= 4 is 21.4 Å². The molecule has 4 rings (SSSR count). The fourth-order valence-corrected chi connectivity index (χ4v) is 5.15. The van der Waals surface area contributed by atoms with Gasteiger partial charge in [-0.3, -0.25) is 9.69 Å². The molecule has 1 heterocycles. The summed E-state index contributed by atoms with van der Waals surface area (Å²) in [6.07, 6.45) is 0. The summed E-state index contributed by atoms with van der Waals surface area (Å²) in [6, 6.07) is 18.6. The van der Waals surface area contributed by atoms with Crippen LogP contribution in [0.1, 0.15) is 17.2 Å². The fraction of sp³-hybridized carbons (Fsp3) is 0.0870. The minimum absolute atomic E-state index is 0.0442. The van der Waals surface area contributed by atoms with Gasteiger partial charge in [-0.25, -0.2) is 12.8 Å². The first-order chi connectivity index (χ1) is 14.3. The summed E-state index contributed by atoms with van der Waals surface area (Å²) in [5.41, 5.74) is 1.74. The summed E-state index contributed by atoms with van der Waals surface area (Å²) < 4.78 is 40.3. The highest BCUT2D eigenvalue weighted by atomic mass is 32.2. The maximum absolute atomic E-state index is 13.5. The van der Waals surface area contributed by atoms with Crippen LogP contribution in [0.5, 0.6) is 0 Å². The Balaban J connectivity index is 1.94. The molecule has 30 heavy (non-hydrogen) atoms. The molecule has 0 unspecified atom stereocenters. The van der Waals surface area contributed by atoms with Crippen LogP contribution >= 0.6 is 0 Å². The second kappa shape index (κ2) is 7.42. The van der Waals surface area contributed by atoms with Crippen LogP contribution in [0, 0.1) is 12.7 Å². The third kappa shape index (κ3) is 3.27. The number of sulfone groups is 1. The third-order valence-corrected chi connectivity index (χ3v) is 6.89. The highest BCUT2D eigenvalue weighted by Crippen LogP contribution is 2.44. The van der Waals surface area contributed by atoms with Crippen LogP contribution < -0.4 is 4.90 Å². The first kappa shape index (κ1) is 19.8. The van der Waals surface area contributed by atoms with Gasteiger partial charge in [-0.1, -0.05) is 48.0 Å². The Bertz CT molecular complexity index is 1230. The molecule has 1 aliphatic rings. The second-order valence-electron chi connectivity index (χ2n) is 6.99. The Morgan fingerprint density at radius 3 is 2.10 bits per heavy atom. The number of halogens is 1. The van der Waals surface area contributed by atoms with E-state index in [1.54, 1.807) is 42.5 Å². The van der Waals surface area contributed by atoms with Gasteiger partial charge < -0.3 is 5.11 Å². The molecular formula is C23H18FNO4S. The Morgan fingerprint density at radius 1 is 0.900 bits per heavy atom. The van der Waals surface area contributed by atoms with Crippen LogP contribution in [0.3, 0.4) is 0 Å². The Kier molecular flexibility index (Phi) is 4.91. The summed E-state index contributed by atoms with van der Waals surface area (Å²) in [7, 11) is -4.20. The molecule has 0 radical (unpaired) electrons. The number of carbonyl (C=O) groups is 1. The number of aliphatic hydroxyl groups is 1. The highest BCUT2D eigenvalue weighted by molar-refractivity contribution is 7.95. The maximum atomic E-state index is 13.5. The molecular weight excluding hydrogens is 405 g/mol. The van der Waals surface area contributed by atoms with Gasteiger partial charge in [0.25, 0.3) is 5.91 Å². The number of rotatable bonds is 4. The number of aliphatic hydroxyl groups excluding tert-OH is 1. The predicted molar refractivity (Wildman–Crippen MR) is 111 cm³/mol. The van der Waals surface area contributed by atoms with Gasteiger partial charge in [0.05, 0.1) is 4.90 Å². The van der Waals surface area contributed by atoms with Crippen LogP contribution in [0.2, 0.25) is 0 Å². The molecule has 0 aromatic heterocycles. The number of amides is 1. The van der Waals surface area contributed by atoms with Gasteiger partial charge in [-0.2, -0.15) is 0 Å². The van der Waals surface area contributed by atoms with Gasteiger partial charge in [0.2, 0.25) is 9.84 Å². The number of hydrogen-bond acceptors (Lipinski definition) is 4. The quantitative estimate of drug-likeness (QED) is 0.672. The van der Waals surface area contributed by atoms with Gasteiger partial charge in [0.15, 0.2) is 5.76 Å².